The van der Waals surface area contributed by atoms with Gasteiger partial charge in [0.2, 0.25) is 0 Å². The van der Waals surface area contributed by atoms with E-state index in [2.05, 4.69) is 21.4 Å². The summed E-state index contributed by atoms with van der Waals surface area (Å²) in [6.07, 6.45) is -4.10. The predicted octanol–water partition coefficient (Wildman–Crippen LogP) is 3.59. The van der Waals surface area contributed by atoms with Gasteiger partial charge in [-0.25, -0.2) is 5.01 Å². The predicted molar refractivity (Wildman–Crippen MR) is 82.0 cm³/mol. The average molecular weight is 393 g/mol. The number of alkyl halides is 3. The molecule has 0 unspecified atom stereocenters. The maximum atomic E-state index is 13.3. The van der Waals surface area contributed by atoms with Crippen LogP contribution in [0.15, 0.2) is 40.5 Å². The number of aliphatic hydroxyl groups is 1. The Morgan fingerprint density at radius 2 is 2.00 bits per heavy atom. The lowest BCUT2D eigenvalue weighted by atomic mass is 10.1. The Kier molecular flexibility index (Phi) is 4.77. The van der Waals surface area contributed by atoms with Crippen LogP contribution < -0.4 is 5.43 Å². The first-order valence-electron chi connectivity index (χ1n) is 6.93. The molecule has 0 saturated heterocycles. The molecule has 1 heterocycles. The van der Waals surface area contributed by atoms with Gasteiger partial charge in [-0.2, -0.15) is 13.2 Å². The van der Waals surface area contributed by atoms with Crippen LogP contribution in [0.2, 0.25) is 0 Å². The molecule has 23 heavy (non-hydrogen) atoms. The maximum Gasteiger partial charge on any atom is 0.442 e. The topological polar surface area (TPSA) is 52.6 Å². The summed E-state index contributed by atoms with van der Waals surface area (Å²) in [5, 5.41) is 10.3. The van der Waals surface area contributed by atoms with Gasteiger partial charge in [0.15, 0.2) is 0 Å². The summed E-state index contributed by atoms with van der Waals surface area (Å²) >= 11 is 3.13. The van der Waals surface area contributed by atoms with Crippen LogP contribution in [-0.2, 0) is 0 Å². The summed E-state index contributed by atoms with van der Waals surface area (Å²) in [4.78, 5) is 12.5. The van der Waals surface area contributed by atoms with E-state index in [1.165, 1.54) is 12.1 Å². The van der Waals surface area contributed by atoms with Gasteiger partial charge >= 0.3 is 6.18 Å². The van der Waals surface area contributed by atoms with Crippen molar-refractivity contribution in [2.24, 2.45) is 5.92 Å². The minimum absolute atomic E-state index is 0.0156. The zero-order chi connectivity index (χ0) is 17.4. The molecule has 1 aromatic carbocycles. The van der Waals surface area contributed by atoms with Crippen molar-refractivity contribution in [2.75, 3.05) is 0 Å². The number of hydrazine groups is 1. The van der Waals surface area contributed by atoms with Crippen LogP contribution in [0.25, 0.3) is 0 Å². The molecule has 0 spiro atoms. The summed E-state index contributed by atoms with van der Waals surface area (Å²) in [7, 11) is 0. The number of hydrogen-bond donors (Lipinski definition) is 2. The monoisotopic (exact) mass is 392 g/mol. The lowest BCUT2D eigenvalue weighted by molar-refractivity contribution is -0.283. The van der Waals surface area contributed by atoms with Crippen molar-refractivity contribution in [1.29, 1.82) is 0 Å². The van der Waals surface area contributed by atoms with Crippen molar-refractivity contribution in [1.82, 2.24) is 10.4 Å². The second-order valence-corrected chi connectivity index (χ2v) is 6.58. The molecule has 126 valence electrons. The van der Waals surface area contributed by atoms with Gasteiger partial charge in [0.05, 0.1) is 5.56 Å². The van der Waals surface area contributed by atoms with E-state index >= 15 is 0 Å². The minimum atomic E-state index is -5.03. The molecule has 1 aliphatic rings. The molecule has 1 aromatic rings. The fourth-order valence-corrected chi connectivity index (χ4v) is 2.74. The summed E-state index contributed by atoms with van der Waals surface area (Å²) in [6, 6.07) is 6.09. The molecule has 0 aliphatic carbocycles. The Morgan fingerprint density at radius 1 is 1.39 bits per heavy atom. The number of allylic oxidation sites excluding steroid dienone is 1. The Labute approximate surface area is 140 Å². The van der Waals surface area contributed by atoms with Gasteiger partial charge in [0.1, 0.15) is 0 Å². The number of nitrogens with zero attached hydrogens (tertiary/aromatic N) is 1. The van der Waals surface area contributed by atoms with E-state index in [0.29, 0.717) is 10.5 Å². The molecule has 0 bridgehead atoms. The summed E-state index contributed by atoms with van der Waals surface area (Å²) in [5.74, 6) is -0.919. The standard InChI is InChI=1S/C15H16BrF3N2O2/c1-9(2)7-10-8-14(23,15(17,18)19)21(20-10)13(22)11-5-3-4-6-12(11)16/h3-6,8-9,20,23H,7H2,1-2H3/t14-/m1/s1. The van der Waals surface area contributed by atoms with E-state index < -0.39 is 17.8 Å². The molecule has 0 fully saturated rings. The molecule has 8 heteroatoms. The summed E-state index contributed by atoms with van der Waals surface area (Å²) < 4.78 is 40.4. The SMILES string of the molecule is CC(C)CC1=C[C@@](O)(C(F)(F)F)N(C(=O)c2ccccc2Br)N1. The normalized spacial score (nSPS) is 21.4. The van der Waals surface area contributed by atoms with Crippen molar-refractivity contribution >= 4 is 21.8 Å². The molecule has 0 saturated carbocycles. The number of amides is 1. The maximum absolute atomic E-state index is 13.3. The largest absolute Gasteiger partial charge is 0.442 e. The first-order chi connectivity index (χ1) is 10.6. The zero-order valence-electron chi connectivity index (χ0n) is 12.5. The first-order valence-corrected chi connectivity index (χ1v) is 7.72. The van der Waals surface area contributed by atoms with Crippen LogP contribution in [0.4, 0.5) is 13.2 Å². The molecule has 4 nitrogen and oxygen atoms in total. The molecular weight excluding hydrogens is 377 g/mol. The van der Waals surface area contributed by atoms with Gasteiger partial charge in [-0.1, -0.05) is 26.0 Å². The summed E-state index contributed by atoms with van der Waals surface area (Å²) in [6.45, 7) is 3.65. The Morgan fingerprint density at radius 3 is 2.52 bits per heavy atom. The van der Waals surface area contributed by atoms with E-state index in [1.807, 2.05) is 13.8 Å². The van der Waals surface area contributed by atoms with Crippen LogP contribution in [0.3, 0.4) is 0 Å². The van der Waals surface area contributed by atoms with Gasteiger partial charge < -0.3 is 5.11 Å². The number of halogens is 4. The lowest BCUT2D eigenvalue weighted by Crippen LogP contribution is -2.60. The fourth-order valence-electron chi connectivity index (χ4n) is 2.28. The highest BCUT2D eigenvalue weighted by Crippen LogP contribution is 2.39. The molecule has 1 aliphatic heterocycles. The Bertz CT molecular complexity index is 646. The van der Waals surface area contributed by atoms with Crippen molar-refractivity contribution in [3.63, 3.8) is 0 Å². The fraction of sp³-hybridized carbons (Fsp3) is 0.400. The lowest BCUT2D eigenvalue weighted by Gasteiger charge is -2.34. The third-order valence-electron chi connectivity index (χ3n) is 3.32. The van der Waals surface area contributed by atoms with E-state index in [4.69, 9.17) is 0 Å². The zero-order valence-corrected chi connectivity index (χ0v) is 14.1. The van der Waals surface area contributed by atoms with E-state index in [1.54, 1.807) is 12.1 Å². The molecule has 2 rings (SSSR count). The molecule has 0 aromatic heterocycles. The number of carbonyl (C=O) groups is 1. The third-order valence-corrected chi connectivity index (χ3v) is 4.02. The van der Waals surface area contributed by atoms with Crippen molar-refractivity contribution in [3.05, 3.63) is 46.1 Å². The molecule has 0 radical (unpaired) electrons. The highest BCUT2D eigenvalue weighted by molar-refractivity contribution is 9.10. The third kappa shape index (κ3) is 3.37. The second-order valence-electron chi connectivity index (χ2n) is 5.72. The van der Waals surface area contributed by atoms with Crippen molar-refractivity contribution in [2.45, 2.75) is 32.2 Å². The van der Waals surface area contributed by atoms with Crippen LogP contribution in [0.1, 0.15) is 30.6 Å². The highest BCUT2D eigenvalue weighted by Gasteiger charge is 2.61. The van der Waals surface area contributed by atoms with Crippen molar-refractivity contribution in [3.8, 4) is 0 Å². The van der Waals surface area contributed by atoms with Gasteiger partial charge in [0.25, 0.3) is 11.6 Å². The second kappa shape index (κ2) is 6.16. The van der Waals surface area contributed by atoms with Gasteiger partial charge in [0, 0.05) is 10.2 Å². The molecular formula is C15H16BrF3N2O2. The molecule has 1 amide bonds. The number of benzene rings is 1. The Balaban J connectivity index is 2.41. The summed E-state index contributed by atoms with van der Waals surface area (Å²) in [5.41, 5.74) is -0.818. The van der Waals surface area contributed by atoms with E-state index in [0.717, 1.165) is 0 Å². The number of hydrogen-bond acceptors (Lipinski definition) is 3. The van der Waals surface area contributed by atoms with Gasteiger partial charge in [-0.15, -0.1) is 0 Å². The van der Waals surface area contributed by atoms with Crippen LogP contribution in [-0.4, -0.2) is 27.9 Å². The highest BCUT2D eigenvalue weighted by atomic mass is 79.9. The first kappa shape index (κ1) is 17.8. The van der Waals surface area contributed by atoms with Crippen LogP contribution >= 0.6 is 15.9 Å². The van der Waals surface area contributed by atoms with Crippen molar-refractivity contribution < 1.29 is 23.1 Å². The number of nitrogens with one attached hydrogen (secondary N) is 1. The van der Waals surface area contributed by atoms with E-state index in [9.17, 15) is 23.1 Å². The van der Waals surface area contributed by atoms with E-state index in [-0.39, 0.29) is 28.6 Å². The average Bonchev–Trinajstić information content (AvgIpc) is 2.75. The quantitative estimate of drug-likeness (QED) is 0.826. The van der Waals surface area contributed by atoms with Crippen LogP contribution in [0, 0.1) is 5.92 Å². The van der Waals surface area contributed by atoms with Crippen LogP contribution in [0.5, 0.6) is 0 Å². The molecule has 2 N–H and O–H groups in total. The smallest absolute Gasteiger partial charge is 0.359 e. The Hall–Kier alpha value is -1.54. The van der Waals surface area contributed by atoms with Gasteiger partial charge in [-0.05, 0) is 46.5 Å². The number of rotatable bonds is 3. The minimum Gasteiger partial charge on any atom is -0.359 e. The van der Waals surface area contributed by atoms with Gasteiger partial charge in [-0.3, -0.25) is 10.2 Å². The number of carbonyl (C=O) groups excluding carboxylic acids is 1. The molecule has 1 atom stereocenters.